The minimum absolute atomic E-state index is 0.0348. The third kappa shape index (κ3) is 6.42. The van der Waals surface area contributed by atoms with E-state index in [1.807, 2.05) is 4.90 Å². The molecular formula is C26H25F3N4O2S. The van der Waals surface area contributed by atoms with Gasteiger partial charge in [0.1, 0.15) is 5.69 Å². The minimum atomic E-state index is -4.65. The second kappa shape index (κ2) is 11.1. The Morgan fingerprint density at radius 1 is 0.972 bits per heavy atom. The molecule has 2 heterocycles. The molecule has 1 aromatic heterocycles. The number of alkyl halides is 3. The Kier molecular flexibility index (Phi) is 7.93. The zero-order valence-corrected chi connectivity index (χ0v) is 20.4. The van der Waals surface area contributed by atoms with Crippen molar-refractivity contribution in [2.45, 2.75) is 42.8 Å². The average molecular weight is 515 g/mol. The zero-order valence-electron chi connectivity index (χ0n) is 19.6. The molecule has 36 heavy (non-hydrogen) atoms. The van der Waals surface area contributed by atoms with Crippen molar-refractivity contribution in [2.24, 2.45) is 0 Å². The van der Waals surface area contributed by atoms with E-state index in [2.05, 4.69) is 15.3 Å². The SMILES string of the molecule is C[C@H](Sc1nc(-c2ccccc2)cc(C(F)(F)F)n1)C(=O)Nc1ccc(C(=O)N2CCCCC2)cc1. The van der Waals surface area contributed by atoms with Crippen LogP contribution in [0.4, 0.5) is 18.9 Å². The summed E-state index contributed by atoms with van der Waals surface area (Å²) in [5.41, 5.74) is 0.603. The van der Waals surface area contributed by atoms with Gasteiger partial charge in [-0.3, -0.25) is 9.59 Å². The lowest BCUT2D eigenvalue weighted by Crippen LogP contribution is -2.35. The molecule has 2 amide bonds. The molecule has 188 valence electrons. The van der Waals surface area contributed by atoms with Gasteiger partial charge in [-0.25, -0.2) is 9.97 Å². The second-order valence-corrected chi connectivity index (χ2v) is 9.77. The van der Waals surface area contributed by atoms with Gasteiger partial charge in [0.15, 0.2) is 5.16 Å². The van der Waals surface area contributed by atoms with Crippen LogP contribution in [0.25, 0.3) is 11.3 Å². The molecule has 0 unspecified atom stereocenters. The molecule has 1 aliphatic rings. The van der Waals surface area contributed by atoms with Crippen LogP contribution < -0.4 is 5.32 Å². The lowest BCUT2D eigenvalue weighted by atomic mass is 10.1. The van der Waals surface area contributed by atoms with Crippen molar-refractivity contribution in [3.8, 4) is 11.3 Å². The molecule has 0 bridgehead atoms. The number of rotatable bonds is 6. The fourth-order valence-corrected chi connectivity index (χ4v) is 4.60. The highest BCUT2D eigenvalue weighted by Gasteiger charge is 2.34. The van der Waals surface area contributed by atoms with E-state index in [9.17, 15) is 22.8 Å². The van der Waals surface area contributed by atoms with Gasteiger partial charge in [-0.2, -0.15) is 13.2 Å². The summed E-state index contributed by atoms with van der Waals surface area (Å²) < 4.78 is 40.3. The van der Waals surface area contributed by atoms with Crippen LogP contribution in [0, 0.1) is 0 Å². The molecule has 1 atom stereocenters. The maximum Gasteiger partial charge on any atom is 0.433 e. The first-order valence-corrected chi connectivity index (χ1v) is 12.5. The number of hydrogen-bond acceptors (Lipinski definition) is 5. The summed E-state index contributed by atoms with van der Waals surface area (Å²) in [6, 6.07) is 16.0. The third-order valence-corrected chi connectivity index (χ3v) is 6.72. The number of anilines is 1. The summed E-state index contributed by atoms with van der Waals surface area (Å²) in [6.07, 6.45) is -1.53. The molecule has 0 saturated carbocycles. The van der Waals surface area contributed by atoms with Crippen LogP contribution in [0.3, 0.4) is 0 Å². The Hall–Kier alpha value is -3.40. The average Bonchev–Trinajstić information content (AvgIpc) is 2.89. The Morgan fingerprint density at radius 2 is 1.64 bits per heavy atom. The number of nitrogens with one attached hydrogen (secondary N) is 1. The lowest BCUT2D eigenvalue weighted by Gasteiger charge is -2.26. The summed E-state index contributed by atoms with van der Waals surface area (Å²) in [7, 11) is 0. The van der Waals surface area contributed by atoms with E-state index in [-0.39, 0.29) is 16.8 Å². The first-order valence-electron chi connectivity index (χ1n) is 11.6. The van der Waals surface area contributed by atoms with Gasteiger partial charge < -0.3 is 10.2 Å². The smallest absolute Gasteiger partial charge is 0.339 e. The number of carbonyl (C=O) groups is 2. The maximum absolute atomic E-state index is 13.4. The van der Waals surface area contributed by atoms with E-state index >= 15 is 0 Å². The number of nitrogens with zero attached hydrogens (tertiary/aromatic N) is 3. The highest BCUT2D eigenvalue weighted by molar-refractivity contribution is 8.00. The molecule has 6 nitrogen and oxygen atoms in total. The van der Waals surface area contributed by atoms with Crippen molar-refractivity contribution in [3.05, 3.63) is 71.9 Å². The molecule has 2 aromatic carbocycles. The Labute approximate surface area is 211 Å². The number of carbonyl (C=O) groups excluding carboxylic acids is 2. The van der Waals surface area contributed by atoms with E-state index in [0.29, 0.717) is 16.8 Å². The van der Waals surface area contributed by atoms with Crippen LogP contribution in [-0.2, 0) is 11.0 Å². The number of aromatic nitrogens is 2. The van der Waals surface area contributed by atoms with Crippen LogP contribution in [0.5, 0.6) is 0 Å². The van der Waals surface area contributed by atoms with Gasteiger partial charge >= 0.3 is 6.18 Å². The molecule has 10 heteroatoms. The van der Waals surface area contributed by atoms with Gasteiger partial charge in [-0.15, -0.1) is 0 Å². The van der Waals surface area contributed by atoms with E-state index < -0.39 is 23.0 Å². The predicted molar refractivity (Wildman–Crippen MR) is 133 cm³/mol. The maximum atomic E-state index is 13.4. The molecule has 0 spiro atoms. The highest BCUT2D eigenvalue weighted by Crippen LogP contribution is 2.33. The minimum Gasteiger partial charge on any atom is -0.339 e. The van der Waals surface area contributed by atoms with Gasteiger partial charge in [0, 0.05) is 29.9 Å². The fourth-order valence-electron chi connectivity index (χ4n) is 3.81. The van der Waals surface area contributed by atoms with Crippen molar-refractivity contribution < 1.29 is 22.8 Å². The molecule has 0 aliphatic carbocycles. The topological polar surface area (TPSA) is 75.2 Å². The highest BCUT2D eigenvalue weighted by atomic mass is 32.2. The van der Waals surface area contributed by atoms with Crippen LogP contribution >= 0.6 is 11.8 Å². The number of benzene rings is 2. The van der Waals surface area contributed by atoms with Gasteiger partial charge in [-0.1, -0.05) is 42.1 Å². The number of piperidine rings is 1. The Balaban J connectivity index is 1.44. The van der Waals surface area contributed by atoms with E-state index in [1.165, 1.54) is 0 Å². The molecule has 1 saturated heterocycles. The number of thioether (sulfide) groups is 1. The van der Waals surface area contributed by atoms with Gasteiger partial charge in [0.25, 0.3) is 5.91 Å². The normalized spacial score (nSPS) is 14.8. The first kappa shape index (κ1) is 25.7. The summed E-state index contributed by atoms with van der Waals surface area (Å²) >= 11 is 0.842. The summed E-state index contributed by atoms with van der Waals surface area (Å²) in [4.78, 5) is 35.1. The summed E-state index contributed by atoms with van der Waals surface area (Å²) in [6.45, 7) is 3.06. The monoisotopic (exact) mass is 514 g/mol. The molecule has 1 N–H and O–H groups in total. The molecule has 3 aromatic rings. The number of amides is 2. The molecule has 1 aliphatic heterocycles. The largest absolute Gasteiger partial charge is 0.433 e. The predicted octanol–water partition coefficient (Wildman–Crippen LogP) is 5.91. The quantitative estimate of drug-likeness (QED) is 0.327. The van der Waals surface area contributed by atoms with Gasteiger partial charge in [-0.05, 0) is 56.5 Å². The molecule has 0 radical (unpaired) electrons. The molecule has 1 fully saturated rings. The lowest BCUT2D eigenvalue weighted by molar-refractivity contribution is -0.141. The van der Waals surface area contributed by atoms with E-state index in [0.717, 1.165) is 50.2 Å². The Morgan fingerprint density at radius 3 is 2.28 bits per heavy atom. The first-order chi connectivity index (χ1) is 17.2. The van der Waals surface area contributed by atoms with Crippen molar-refractivity contribution in [1.82, 2.24) is 14.9 Å². The zero-order chi connectivity index (χ0) is 25.7. The number of halogens is 3. The summed E-state index contributed by atoms with van der Waals surface area (Å²) in [5.74, 6) is -0.454. The van der Waals surface area contributed by atoms with Crippen molar-refractivity contribution in [3.63, 3.8) is 0 Å². The number of hydrogen-bond donors (Lipinski definition) is 1. The van der Waals surface area contributed by atoms with E-state index in [1.54, 1.807) is 61.5 Å². The van der Waals surface area contributed by atoms with E-state index in [4.69, 9.17) is 0 Å². The summed E-state index contributed by atoms with van der Waals surface area (Å²) in [5, 5.41) is 1.82. The standard InChI is InChI=1S/C26H25F3N4O2S/c1-17(23(34)30-20-12-10-19(11-13-20)24(35)33-14-6-3-7-15-33)36-25-31-21(18-8-4-2-5-9-18)16-22(32-25)26(27,28)29/h2,4-5,8-13,16-17H,3,6-7,14-15H2,1H3,(H,30,34)/t17-/m0/s1. The van der Waals surface area contributed by atoms with Gasteiger partial charge in [0.2, 0.25) is 5.91 Å². The van der Waals surface area contributed by atoms with Crippen molar-refractivity contribution in [1.29, 1.82) is 0 Å². The number of likely N-dealkylation sites (tertiary alicyclic amines) is 1. The van der Waals surface area contributed by atoms with Crippen LogP contribution in [-0.4, -0.2) is 45.0 Å². The molecular weight excluding hydrogens is 489 g/mol. The second-order valence-electron chi connectivity index (χ2n) is 8.46. The van der Waals surface area contributed by atoms with Crippen LogP contribution in [0.1, 0.15) is 42.2 Å². The fraction of sp³-hybridized carbons (Fsp3) is 0.308. The van der Waals surface area contributed by atoms with Crippen LogP contribution in [0.2, 0.25) is 0 Å². The van der Waals surface area contributed by atoms with Gasteiger partial charge in [0.05, 0.1) is 10.9 Å². The van der Waals surface area contributed by atoms with Crippen LogP contribution in [0.15, 0.2) is 65.8 Å². The van der Waals surface area contributed by atoms with Crippen molar-refractivity contribution in [2.75, 3.05) is 18.4 Å². The third-order valence-electron chi connectivity index (χ3n) is 5.76. The Bertz CT molecular complexity index is 1210. The molecule has 4 rings (SSSR count). The van der Waals surface area contributed by atoms with Crippen molar-refractivity contribution >= 4 is 29.3 Å².